The standard InChI is InChI=1S/C17H24N4O2/c1-12-16(13(2)21(3)20-12)8-9-18-17(23)19-10-14-6-4-5-7-15(14)11-22/h4-7,22H,8-11H2,1-3H3,(H2,18,19,23). The van der Waals surface area contributed by atoms with Crippen LogP contribution >= 0.6 is 0 Å². The van der Waals surface area contributed by atoms with Gasteiger partial charge in [-0.15, -0.1) is 0 Å². The fourth-order valence-corrected chi connectivity index (χ4v) is 2.60. The maximum Gasteiger partial charge on any atom is 0.315 e. The van der Waals surface area contributed by atoms with Gasteiger partial charge in [0.1, 0.15) is 0 Å². The number of aliphatic hydroxyl groups excluding tert-OH is 1. The van der Waals surface area contributed by atoms with E-state index in [0.717, 1.165) is 28.9 Å². The summed E-state index contributed by atoms with van der Waals surface area (Å²) < 4.78 is 1.86. The molecule has 0 aliphatic carbocycles. The molecule has 1 aromatic heterocycles. The molecule has 0 unspecified atom stereocenters. The number of amides is 2. The predicted molar refractivity (Wildman–Crippen MR) is 89.0 cm³/mol. The zero-order valence-corrected chi connectivity index (χ0v) is 13.9. The van der Waals surface area contributed by atoms with Crippen molar-refractivity contribution in [1.82, 2.24) is 20.4 Å². The van der Waals surface area contributed by atoms with Gasteiger partial charge in [-0.05, 0) is 37.0 Å². The average Bonchev–Trinajstić information content (AvgIpc) is 2.79. The number of hydrogen-bond donors (Lipinski definition) is 3. The summed E-state index contributed by atoms with van der Waals surface area (Å²) >= 11 is 0. The van der Waals surface area contributed by atoms with Crippen molar-refractivity contribution in [3.8, 4) is 0 Å². The van der Waals surface area contributed by atoms with Crippen molar-refractivity contribution < 1.29 is 9.90 Å². The normalized spacial score (nSPS) is 10.6. The Balaban J connectivity index is 1.79. The van der Waals surface area contributed by atoms with Crippen LogP contribution in [0.5, 0.6) is 0 Å². The third kappa shape index (κ3) is 4.32. The SMILES string of the molecule is Cc1nn(C)c(C)c1CCNC(=O)NCc1ccccc1CO. The third-order valence-electron chi connectivity index (χ3n) is 4.05. The van der Waals surface area contributed by atoms with Crippen LogP contribution in [0.15, 0.2) is 24.3 Å². The lowest BCUT2D eigenvalue weighted by Gasteiger charge is -2.10. The van der Waals surface area contributed by atoms with E-state index in [1.807, 2.05) is 49.8 Å². The van der Waals surface area contributed by atoms with Gasteiger partial charge in [-0.3, -0.25) is 4.68 Å². The van der Waals surface area contributed by atoms with Crippen molar-refractivity contribution in [2.75, 3.05) is 6.54 Å². The molecule has 6 nitrogen and oxygen atoms in total. The first-order chi connectivity index (χ1) is 11.0. The molecule has 0 spiro atoms. The largest absolute Gasteiger partial charge is 0.392 e. The second kappa shape index (κ2) is 7.78. The molecule has 1 heterocycles. The lowest BCUT2D eigenvalue weighted by Crippen LogP contribution is -2.36. The molecule has 6 heteroatoms. The number of hydrogen-bond acceptors (Lipinski definition) is 3. The van der Waals surface area contributed by atoms with Crippen LogP contribution < -0.4 is 10.6 Å². The number of benzene rings is 1. The summed E-state index contributed by atoms with van der Waals surface area (Å²) in [4.78, 5) is 11.9. The molecule has 0 bridgehead atoms. The minimum atomic E-state index is -0.211. The van der Waals surface area contributed by atoms with Crippen LogP contribution in [-0.2, 0) is 26.6 Å². The Morgan fingerprint density at radius 3 is 2.52 bits per heavy atom. The minimum Gasteiger partial charge on any atom is -0.392 e. The predicted octanol–water partition coefficient (Wildman–Crippen LogP) is 1.57. The Labute approximate surface area is 136 Å². The Bertz CT molecular complexity index is 679. The Kier molecular flexibility index (Phi) is 5.76. The van der Waals surface area contributed by atoms with Gasteiger partial charge in [-0.2, -0.15) is 5.10 Å². The highest BCUT2D eigenvalue weighted by molar-refractivity contribution is 5.73. The number of urea groups is 1. The second-order valence-electron chi connectivity index (χ2n) is 5.56. The molecule has 23 heavy (non-hydrogen) atoms. The van der Waals surface area contributed by atoms with E-state index in [9.17, 15) is 9.90 Å². The van der Waals surface area contributed by atoms with Crippen LogP contribution in [0.4, 0.5) is 4.79 Å². The Morgan fingerprint density at radius 1 is 1.22 bits per heavy atom. The van der Waals surface area contributed by atoms with E-state index in [1.165, 1.54) is 5.56 Å². The highest BCUT2D eigenvalue weighted by atomic mass is 16.3. The van der Waals surface area contributed by atoms with Crippen molar-refractivity contribution in [1.29, 1.82) is 0 Å². The van der Waals surface area contributed by atoms with Crippen molar-refractivity contribution in [3.05, 3.63) is 52.3 Å². The molecular formula is C17H24N4O2. The molecule has 3 N–H and O–H groups in total. The van der Waals surface area contributed by atoms with E-state index in [0.29, 0.717) is 13.1 Å². The quantitative estimate of drug-likeness (QED) is 0.757. The smallest absolute Gasteiger partial charge is 0.315 e. The van der Waals surface area contributed by atoms with Gasteiger partial charge in [0.15, 0.2) is 0 Å². The highest BCUT2D eigenvalue weighted by Gasteiger charge is 2.09. The number of aromatic nitrogens is 2. The summed E-state index contributed by atoms with van der Waals surface area (Å²) in [6, 6.07) is 7.30. The van der Waals surface area contributed by atoms with Crippen LogP contribution in [0, 0.1) is 13.8 Å². The summed E-state index contributed by atoms with van der Waals surface area (Å²) in [6.45, 7) is 4.93. The highest BCUT2D eigenvalue weighted by Crippen LogP contribution is 2.12. The maximum absolute atomic E-state index is 11.9. The van der Waals surface area contributed by atoms with E-state index in [-0.39, 0.29) is 12.6 Å². The zero-order valence-electron chi connectivity index (χ0n) is 13.9. The molecule has 0 atom stereocenters. The van der Waals surface area contributed by atoms with Gasteiger partial charge >= 0.3 is 6.03 Å². The molecule has 0 fully saturated rings. The molecule has 2 rings (SSSR count). The van der Waals surface area contributed by atoms with Gasteiger partial charge < -0.3 is 15.7 Å². The van der Waals surface area contributed by atoms with Crippen molar-refractivity contribution in [2.45, 2.75) is 33.4 Å². The zero-order chi connectivity index (χ0) is 16.8. The Morgan fingerprint density at radius 2 is 1.91 bits per heavy atom. The van der Waals surface area contributed by atoms with E-state index in [2.05, 4.69) is 15.7 Å². The molecule has 0 saturated heterocycles. The van der Waals surface area contributed by atoms with Crippen LogP contribution in [0.25, 0.3) is 0 Å². The minimum absolute atomic E-state index is 0.0287. The Hall–Kier alpha value is -2.34. The topological polar surface area (TPSA) is 79.2 Å². The first kappa shape index (κ1) is 17.0. The summed E-state index contributed by atoms with van der Waals surface area (Å²) in [5.74, 6) is 0. The van der Waals surface area contributed by atoms with E-state index in [4.69, 9.17) is 0 Å². The molecule has 0 aliphatic heterocycles. The summed E-state index contributed by atoms with van der Waals surface area (Å²) in [6.07, 6.45) is 0.756. The molecule has 0 saturated carbocycles. The van der Waals surface area contributed by atoms with E-state index >= 15 is 0 Å². The molecule has 0 radical (unpaired) electrons. The molecule has 2 aromatic rings. The summed E-state index contributed by atoms with van der Waals surface area (Å²) in [7, 11) is 1.92. The van der Waals surface area contributed by atoms with Crippen LogP contribution in [-0.4, -0.2) is 27.5 Å². The van der Waals surface area contributed by atoms with Gasteiger partial charge in [0, 0.05) is 25.8 Å². The number of carbonyl (C=O) groups excluding carboxylic acids is 1. The number of nitrogens with one attached hydrogen (secondary N) is 2. The van der Waals surface area contributed by atoms with Gasteiger partial charge in [0.2, 0.25) is 0 Å². The molecule has 124 valence electrons. The summed E-state index contributed by atoms with van der Waals surface area (Å²) in [5, 5.41) is 19.3. The van der Waals surface area contributed by atoms with Gasteiger partial charge in [0.05, 0.1) is 12.3 Å². The van der Waals surface area contributed by atoms with Crippen molar-refractivity contribution in [2.24, 2.45) is 7.05 Å². The van der Waals surface area contributed by atoms with Gasteiger partial charge in [-0.1, -0.05) is 24.3 Å². The number of aryl methyl sites for hydroxylation is 2. The number of carbonyl (C=O) groups is 1. The lowest BCUT2D eigenvalue weighted by molar-refractivity contribution is 0.240. The molecule has 0 aliphatic rings. The number of rotatable bonds is 6. The van der Waals surface area contributed by atoms with Gasteiger partial charge in [0.25, 0.3) is 0 Å². The molecule has 1 aromatic carbocycles. The van der Waals surface area contributed by atoms with Crippen LogP contribution in [0.1, 0.15) is 28.1 Å². The van der Waals surface area contributed by atoms with Gasteiger partial charge in [-0.25, -0.2) is 4.79 Å². The molecular weight excluding hydrogens is 292 g/mol. The maximum atomic E-state index is 11.9. The monoisotopic (exact) mass is 316 g/mol. The molecule has 2 amide bonds. The summed E-state index contributed by atoms with van der Waals surface area (Å²) in [5.41, 5.74) is 5.06. The van der Waals surface area contributed by atoms with Crippen LogP contribution in [0.3, 0.4) is 0 Å². The second-order valence-corrected chi connectivity index (χ2v) is 5.56. The fraction of sp³-hybridized carbons (Fsp3) is 0.412. The van der Waals surface area contributed by atoms with Crippen molar-refractivity contribution in [3.63, 3.8) is 0 Å². The lowest BCUT2D eigenvalue weighted by atomic mass is 10.1. The average molecular weight is 316 g/mol. The first-order valence-corrected chi connectivity index (χ1v) is 7.71. The van der Waals surface area contributed by atoms with Crippen LogP contribution in [0.2, 0.25) is 0 Å². The first-order valence-electron chi connectivity index (χ1n) is 7.71. The number of nitrogens with zero attached hydrogens (tertiary/aromatic N) is 2. The number of aliphatic hydroxyl groups is 1. The van der Waals surface area contributed by atoms with Crippen molar-refractivity contribution >= 4 is 6.03 Å². The fourth-order valence-electron chi connectivity index (χ4n) is 2.60. The third-order valence-corrected chi connectivity index (χ3v) is 4.05. The van der Waals surface area contributed by atoms with E-state index < -0.39 is 0 Å². The van der Waals surface area contributed by atoms with E-state index in [1.54, 1.807) is 0 Å².